The van der Waals surface area contributed by atoms with E-state index in [1.165, 1.54) is 0 Å². The van der Waals surface area contributed by atoms with Crippen LogP contribution >= 0.6 is 0 Å². The van der Waals surface area contributed by atoms with E-state index in [0.717, 1.165) is 5.82 Å². The molecule has 0 unspecified atom stereocenters. The van der Waals surface area contributed by atoms with E-state index in [0.29, 0.717) is 11.6 Å². The fourth-order valence-electron chi connectivity index (χ4n) is 1.21. The number of hydrogen-bond acceptors (Lipinski definition) is 5. The molecule has 0 amide bonds. The summed E-state index contributed by atoms with van der Waals surface area (Å²) in [6, 6.07) is 1.64. The molecule has 0 bridgehead atoms. The Bertz CT molecular complexity index is 440. The van der Waals surface area contributed by atoms with E-state index < -0.39 is 0 Å². The maximum absolute atomic E-state index is 5.55. The van der Waals surface area contributed by atoms with E-state index in [4.69, 9.17) is 11.5 Å². The first-order valence-electron chi connectivity index (χ1n) is 4.07. The Balaban J connectivity index is 2.57. The second kappa shape index (κ2) is 2.99. The van der Waals surface area contributed by atoms with Crippen LogP contribution in [-0.2, 0) is 0 Å². The van der Waals surface area contributed by atoms with Crippen LogP contribution in [0.15, 0.2) is 18.5 Å². The number of imidazole rings is 1. The molecule has 6 nitrogen and oxygen atoms in total. The topological polar surface area (TPSA) is 95.6 Å². The highest BCUT2D eigenvalue weighted by molar-refractivity contribution is 5.42. The number of rotatable bonds is 1. The third-order valence-electron chi connectivity index (χ3n) is 1.82. The summed E-state index contributed by atoms with van der Waals surface area (Å²) in [5, 5.41) is 0. The Morgan fingerprint density at radius 3 is 2.64 bits per heavy atom. The highest BCUT2D eigenvalue weighted by Crippen LogP contribution is 2.10. The van der Waals surface area contributed by atoms with Crippen LogP contribution in [-0.4, -0.2) is 19.5 Å². The monoisotopic (exact) mass is 190 g/mol. The van der Waals surface area contributed by atoms with Crippen molar-refractivity contribution in [1.82, 2.24) is 19.5 Å². The van der Waals surface area contributed by atoms with Gasteiger partial charge in [-0.2, -0.15) is 9.97 Å². The average molecular weight is 190 g/mol. The largest absolute Gasteiger partial charge is 0.383 e. The van der Waals surface area contributed by atoms with Gasteiger partial charge in [-0.3, -0.25) is 4.57 Å². The molecule has 0 aromatic carbocycles. The predicted octanol–water partition coefficient (Wildman–Crippen LogP) is 0.135. The Labute approximate surface area is 80.6 Å². The predicted molar refractivity (Wildman–Crippen MR) is 52.7 cm³/mol. The van der Waals surface area contributed by atoms with Crippen LogP contribution in [0.5, 0.6) is 0 Å². The first kappa shape index (κ1) is 8.49. The number of hydrogen-bond donors (Lipinski definition) is 2. The van der Waals surface area contributed by atoms with Crippen LogP contribution in [0.1, 0.15) is 5.82 Å². The van der Waals surface area contributed by atoms with Crippen LogP contribution in [0, 0.1) is 6.92 Å². The number of aryl methyl sites for hydroxylation is 1. The van der Waals surface area contributed by atoms with Gasteiger partial charge in [-0.15, -0.1) is 0 Å². The van der Waals surface area contributed by atoms with Crippen LogP contribution in [0.3, 0.4) is 0 Å². The highest BCUT2D eigenvalue weighted by Gasteiger charge is 2.04. The number of nitrogens with two attached hydrogens (primary N) is 2. The Kier molecular flexibility index (Phi) is 1.81. The van der Waals surface area contributed by atoms with Crippen molar-refractivity contribution in [2.45, 2.75) is 6.92 Å². The van der Waals surface area contributed by atoms with E-state index in [9.17, 15) is 0 Å². The van der Waals surface area contributed by atoms with Crippen molar-refractivity contribution < 1.29 is 0 Å². The van der Waals surface area contributed by atoms with Gasteiger partial charge in [0.2, 0.25) is 5.95 Å². The molecule has 2 aromatic heterocycles. The maximum atomic E-state index is 5.55. The lowest BCUT2D eigenvalue weighted by Gasteiger charge is -2.04. The number of nitrogens with zero attached hydrogens (tertiary/aromatic N) is 4. The zero-order valence-corrected chi connectivity index (χ0v) is 7.68. The summed E-state index contributed by atoms with van der Waals surface area (Å²) in [7, 11) is 0. The van der Waals surface area contributed by atoms with Gasteiger partial charge in [-0.1, -0.05) is 0 Å². The van der Waals surface area contributed by atoms with Crippen molar-refractivity contribution in [3.63, 3.8) is 0 Å². The molecule has 2 aromatic rings. The molecule has 0 radical (unpaired) electrons. The molecule has 72 valence electrons. The lowest BCUT2D eigenvalue weighted by molar-refractivity contribution is 0.926. The van der Waals surface area contributed by atoms with E-state index in [1.54, 1.807) is 23.0 Å². The number of aromatic nitrogens is 4. The molecule has 0 fully saturated rings. The summed E-state index contributed by atoms with van der Waals surface area (Å²) in [6.45, 7) is 1.87. The lowest BCUT2D eigenvalue weighted by Crippen LogP contribution is -2.05. The van der Waals surface area contributed by atoms with Gasteiger partial charge < -0.3 is 11.5 Å². The second-order valence-corrected chi connectivity index (χ2v) is 2.85. The Morgan fingerprint density at radius 1 is 1.29 bits per heavy atom. The third-order valence-corrected chi connectivity index (χ3v) is 1.82. The summed E-state index contributed by atoms with van der Waals surface area (Å²) in [4.78, 5) is 11.9. The SMILES string of the molecule is Cc1nccn1-c1cc(N)nc(N)n1. The average Bonchev–Trinajstić information content (AvgIpc) is 2.49. The van der Waals surface area contributed by atoms with Crippen LogP contribution in [0.25, 0.3) is 5.82 Å². The van der Waals surface area contributed by atoms with Crippen molar-refractivity contribution in [1.29, 1.82) is 0 Å². The molecular weight excluding hydrogens is 180 g/mol. The quantitative estimate of drug-likeness (QED) is 0.666. The minimum Gasteiger partial charge on any atom is -0.383 e. The molecule has 0 spiro atoms. The summed E-state index contributed by atoms with van der Waals surface area (Å²) < 4.78 is 1.79. The Hall–Kier alpha value is -2.11. The van der Waals surface area contributed by atoms with Gasteiger partial charge in [0.05, 0.1) is 0 Å². The smallest absolute Gasteiger partial charge is 0.223 e. The molecule has 6 heteroatoms. The molecular formula is C8H10N6. The highest BCUT2D eigenvalue weighted by atomic mass is 15.2. The van der Waals surface area contributed by atoms with Crippen LogP contribution < -0.4 is 11.5 Å². The maximum Gasteiger partial charge on any atom is 0.223 e. The summed E-state index contributed by atoms with van der Waals surface area (Å²) in [5.41, 5.74) is 11.0. The third kappa shape index (κ3) is 1.37. The molecule has 2 heterocycles. The summed E-state index contributed by atoms with van der Waals surface area (Å²) in [5.74, 6) is 1.96. The molecule has 14 heavy (non-hydrogen) atoms. The minimum atomic E-state index is 0.160. The van der Waals surface area contributed by atoms with Gasteiger partial charge >= 0.3 is 0 Å². The van der Waals surface area contributed by atoms with Crippen LogP contribution in [0.2, 0.25) is 0 Å². The minimum absolute atomic E-state index is 0.160. The van der Waals surface area contributed by atoms with Crippen molar-refractivity contribution in [2.75, 3.05) is 11.5 Å². The molecule has 2 rings (SSSR count). The molecule has 4 N–H and O–H groups in total. The first-order chi connectivity index (χ1) is 6.66. The van der Waals surface area contributed by atoms with Crippen molar-refractivity contribution in [3.05, 3.63) is 24.3 Å². The van der Waals surface area contributed by atoms with Gasteiger partial charge in [0.25, 0.3) is 0 Å². The number of nitrogen functional groups attached to an aromatic ring is 2. The van der Waals surface area contributed by atoms with Gasteiger partial charge in [-0.05, 0) is 6.92 Å². The zero-order chi connectivity index (χ0) is 10.1. The second-order valence-electron chi connectivity index (χ2n) is 2.85. The first-order valence-corrected chi connectivity index (χ1v) is 4.07. The molecule has 0 saturated carbocycles. The summed E-state index contributed by atoms with van der Waals surface area (Å²) in [6.07, 6.45) is 3.47. The van der Waals surface area contributed by atoms with E-state index in [2.05, 4.69) is 15.0 Å². The number of anilines is 2. The van der Waals surface area contributed by atoms with Crippen molar-refractivity contribution >= 4 is 11.8 Å². The van der Waals surface area contributed by atoms with E-state index in [-0.39, 0.29) is 5.95 Å². The standard InChI is InChI=1S/C8H10N6/c1-5-11-2-3-14(5)7-4-6(9)12-8(10)13-7/h2-4H,1H3,(H4,9,10,12,13). The van der Waals surface area contributed by atoms with Crippen molar-refractivity contribution in [2.24, 2.45) is 0 Å². The molecule has 0 aliphatic heterocycles. The lowest BCUT2D eigenvalue weighted by atomic mass is 10.5. The Morgan fingerprint density at radius 2 is 2.07 bits per heavy atom. The van der Waals surface area contributed by atoms with Gasteiger partial charge in [0, 0.05) is 18.5 Å². The van der Waals surface area contributed by atoms with Crippen molar-refractivity contribution in [3.8, 4) is 5.82 Å². The zero-order valence-electron chi connectivity index (χ0n) is 7.68. The normalized spacial score (nSPS) is 10.4. The fraction of sp³-hybridized carbons (Fsp3) is 0.125. The van der Waals surface area contributed by atoms with Gasteiger partial charge in [-0.25, -0.2) is 4.98 Å². The van der Waals surface area contributed by atoms with E-state index >= 15 is 0 Å². The summed E-state index contributed by atoms with van der Waals surface area (Å²) >= 11 is 0. The van der Waals surface area contributed by atoms with Gasteiger partial charge in [0.1, 0.15) is 17.5 Å². The molecule has 0 aliphatic rings. The molecule has 0 saturated heterocycles. The fourth-order valence-corrected chi connectivity index (χ4v) is 1.21. The van der Waals surface area contributed by atoms with E-state index in [1.807, 2.05) is 6.92 Å². The molecule has 0 aliphatic carbocycles. The van der Waals surface area contributed by atoms with Gasteiger partial charge in [0.15, 0.2) is 0 Å². The molecule has 0 atom stereocenters. The van der Waals surface area contributed by atoms with Crippen LogP contribution in [0.4, 0.5) is 11.8 Å².